The van der Waals surface area contributed by atoms with Crippen molar-refractivity contribution in [3.8, 4) is 0 Å². The number of thioether (sulfide) groups is 3. The highest BCUT2D eigenvalue weighted by molar-refractivity contribution is 8.26. The molecule has 1 amide bonds. The van der Waals surface area contributed by atoms with Crippen LogP contribution in [0.3, 0.4) is 0 Å². The fourth-order valence-corrected chi connectivity index (χ4v) is 11.1. The number of benzene rings is 2. The number of hydrogen-bond donors (Lipinski definition) is 0. The van der Waals surface area contributed by atoms with E-state index in [0.29, 0.717) is 27.3 Å². The van der Waals surface area contributed by atoms with E-state index < -0.39 is 33.5 Å². The van der Waals surface area contributed by atoms with Crippen LogP contribution in [0.25, 0.3) is 5.57 Å². The fraction of sp³-hybridized carbons (Fsp3) is 0.361. The minimum absolute atomic E-state index is 0.102. The molecule has 0 saturated carbocycles. The highest BCUT2D eigenvalue weighted by Gasteiger charge is 2.61. The number of ether oxygens (including phenoxy) is 4. The second-order valence-electron chi connectivity index (χ2n) is 13.0. The molecule has 258 valence electrons. The van der Waals surface area contributed by atoms with Gasteiger partial charge in [-0.05, 0) is 56.0 Å². The van der Waals surface area contributed by atoms with Gasteiger partial charge in [-0.1, -0.05) is 79.8 Å². The molecule has 10 nitrogen and oxygen atoms in total. The van der Waals surface area contributed by atoms with Crippen LogP contribution in [-0.4, -0.2) is 67.8 Å². The van der Waals surface area contributed by atoms with Gasteiger partial charge in [-0.2, -0.15) is 0 Å². The van der Waals surface area contributed by atoms with Gasteiger partial charge in [0.2, 0.25) is 0 Å². The molecule has 0 fully saturated rings. The van der Waals surface area contributed by atoms with Crippen molar-refractivity contribution in [2.75, 3.05) is 33.3 Å². The number of esters is 4. The van der Waals surface area contributed by atoms with Crippen molar-refractivity contribution in [2.45, 2.75) is 56.6 Å². The van der Waals surface area contributed by atoms with Crippen molar-refractivity contribution in [1.29, 1.82) is 0 Å². The molecule has 0 bridgehead atoms. The Morgan fingerprint density at radius 3 is 1.71 bits per heavy atom. The van der Waals surface area contributed by atoms with Crippen LogP contribution in [0.1, 0.15) is 61.7 Å². The Hall–Kier alpha value is -3.94. The van der Waals surface area contributed by atoms with Gasteiger partial charge in [0, 0.05) is 21.6 Å². The highest BCUT2D eigenvalue weighted by Crippen LogP contribution is 2.71. The van der Waals surface area contributed by atoms with Crippen LogP contribution in [0.2, 0.25) is 0 Å². The molecule has 0 radical (unpaired) electrons. The van der Waals surface area contributed by atoms with Crippen LogP contribution < -0.4 is 4.90 Å². The maximum Gasteiger partial charge on any atom is 0.345 e. The molecule has 3 aliphatic heterocycles. The van der Waals surface area contributed by atoms with E-state index in [1.807, 2.05) is 51.1 Å². The highest BCUT2D eigenvalue weighted by atomic mass is 32.2. The molecule has 1 spiro atoms. The fourth-order valence-electron chi connectivity index (χ4n) is 6.04. The summed E-state index contributed by atoms with van der Waals surface area (Å²) in [6.45, 7) is 11.9. The second kappa shape index (κ2) is 13.1. The number of fused-ring (bicyclic) bond motifs is 3. The Balaban J connectivity index is 1.85. The Bertz CT molecular complexity index is 1870. The van der Waals surface area contributed by atoms with Gasteiger partial charge >= 0.3 is 23.9 Å². The van der Waals surface area contributed by atoms with Gasteiger partial charge in [0.1, 0.15) is 18.8 Å². The zero-order chi connectivity index (χ0) is 36.2. The number of methoxy groups -OCH3 is 4. The van der Waals surface area contributed by atoms with E-state index in [1.165, 1.54) is 28.4 Å². The zero-order valence-electron chi connectivity index (χ0n) is 28.9. The number of carbonyl (C=O) groups is 5. The lowest BCUT2D eigenvalue weighted by Crippen LogP contribution is -2.53. The molecular formula is C36H37NO9S3. The Morgan fingerprint density at radius 1 is 0.714 bits per heavy atom. The number of aryl methyl sites for hydroxylation is 1. The first-order valence-corrected chi connectivity index (χ1v) is 17.6. The smallest absolute Gasteiger partial charge is 0.345 e. The summed E-state index contributed by atoms with van der Waals surface area (Å²) in [5.41, 5.74) is 2.62. The van der Waals surface area contributed by atoms with Gasteiger partial charge in [0.25, 0.3) is 5.91 Å². The van der Waals surface area contributed by atoms with Crippen molar-refractivity contribution in [3.63, 3.8) is 0 Å². The molecule has 2 aromatic rings. The van der Waals surface area contributed by atoms with Crippen LogP contribution in [0.4, 0.5) is 5.69 Å². The largest absolute Gasteiger partial charge is 0.466 e. The predicted octanol–water partition coefficient (Wildman–Crippen LogP) is 6.52. The summed E-state index contributed by atoms with van der Waals surface area (Å²) in [7, 11) is 4.73. The Kier molecular flexibility index (Phi) is 9.69. The molecule has 49 heavy (non-hydrogen) atoms. The third-order valence-electron chi connectivity index (χ3n) is 8.49. The van der Waals surface area contributed by atoms with Crippen molar-refractivity contribution in [1.82, 2.24) is 0 Å². The molecule has 0 aromatic heterocycles. The monoisotopic (exact) mass is 723 g/mol. The lowest BCUT2D eigenvalue weighted by Gasteiger charge is -2.50. The molecule has 2 aromatic carbocycles. The van der Waals surface area contributed by atoms with Gasteiger partial charge in [-0.3, -0.25) is 9.69 Å². The molecule has 0 atom stereocenters. The first-order valence-electron chi connectivity index (χ1n) is 15.2. The van der Waals surface area contributed by atoms with E-state index in [-0.39, 0.29) is 31.6 Å². The summed E-state index contributed by atoms with van der Waals surface area (Å²) in [6.07, 6.45) is 0. The summed E-state index contributed by atoms with van der Waals surface area (Å²) >= 11 is 2.79. The Morgan fingerprint density at radius 2 is 1.22 bits per heavy atom. The summed E-state index contributed by atoms with van der Waals surface area (Å²) in [4.78, 5) is 70.5. The lowest BCUT2D eigenvalue weighted by atomic mass is 9.82. The van der Waals surface area contributed by atoms with E-state index >= 15 is 0 Å². The summed E-state index contributed by atoms with van der Waals surface area (Å²) < 4.78 is 18.9. The van der Waals surface area contributed by atoms with Crippen molar-refractivity contribution in [3.05, 3.63) is 89.9 Å². The van der Waals surface area contributed by atoms with Crippen molar-refractivity contribution < 1.29 is 42.9 Å². The lowest BCUT2D eigenvalue weighted by molar-refractivity contribution is -0.138. The predicted molar refractivity (Wildman–Crippen MR) is 192 cm³/mol. The maximum absolute atomic E-state index is 14.6. The van der Waals surface area contributed by atoms with E-state index in [9.17, 15) is 24.0 Å². The van der Waals surface area contributed by atoms with Gasteiger partial charge in [-0.15, -0.1) is 0 Å². The topological polar surface area (TPSA) is 126 Å². The average Bonchev–Trinajstić information content (AvgIpc) is 3.46. The minimum atomic E-state index is -1.65. The number of nitrogens with zero attached hydrogens (tertiary/aromatic N) is 1. The number of amides is 1. The van der Waals surface area contributed by atoms with Crippen LogP contribution in [0.5, 0.6) is 0 Å². The third kappa shape index (κ3) is 5.89. The normalized spacial score (nSPS) is 17.8. The molecule has 3 aliphatic rings. The number of hydrogen-bond acceptors (Lipinski definition) is 12. The van der Waals surface area contributed by atoms with Gasteiger partial charge in [-0.25, -0.2) is 19.2 Å². The summed E-state index contributed by atoms with van der Waals surface area (Å²) in [5, 5.41) is 0. The van der Waals surface area contributed by atoms with Crippen LogP contribution in [0, 0.1) is 6.92 Å². The molecular weight excluding hydrogens is 687 g/mol. The van der Waals surface area contributed by atoms with Gasteiger partial charge < -0.3 is 18.9 Å². The molecule has 0 N–H and O–H groups in total. The first kappa shape index (κ1) is 36.3. The average molecular weight is 724 g/mol. The van der Waals surface area contributed by atoms with E-state index in [1.54, 1.807) is 17.0 Å². The van der Waals surface area contributed by atoms with E-state index in [4.69, 9.17) is 18.9 Å². The molecule has 0 aliphatic carbocycles. The standard InChI is InChI=1S/C36H37NO9S3/c1-18-11-16-22-21(17-18)23-28(35(5,6)37(22)29(38)19-12-14-20(15-13-19)34(2,3)4)47-25(31(40)44-8)24(30(39)43-7)36(23)48-26(32(41)45-9)27(49-36)33(42)46-10/h11-17H,1-10H3. The third-order valence-corrected chi connectivity index (χ3v) is 13.1. The second-order valence-corrected chi connectivity index (χ2v) is 16.7. The summed E-state index contributed by atoms with van der Waals surface area (Å²) in [6, 6.07) is 13.1. The molecule has 13 heteroatoms. The van der Waals surface area contributed by atoms with Gasteiger partial charge in [0.05, 0.1) is 45.2 Å². The van der Waals surface area contributed by atoms with Crippen LogP contribution in [0.15, 0.2) is 67.7 Å². The summed E-state index contributed by atoms with van der Waals surface area (Å²) in [5.74, 6) is -3.62. The quantitative estimate of drug-likeness (QED) is 0.246. The molecule has 5 rings (SSSR count). The maximum atomic E-state index is 14.6. The van der Waals surface area contributed by atoms with Gasteiger partial charge in [0.15, 0.2) is 0 Å². The Labute approximate surface area is 298 Å². The SMILES string of the molecule is COC(=O)C1=C(C(=O)OC)SC2(S1)C(C(=O)OC)=C(C(=O)OC)SC1=C2c2cc(C)ccc2N(C(=O)c2ccc(C(C)(C)C)cc2)C1(C)C. The number of anilines is 1. The molecule has 0 saturated heterocycles. The minimum Gasteiger partial charge on any atom is -0.466 e. The van der Waals surface area contributed by atoms with E-state index in [2.05, 4.69) is 20.8 Å². The van der Waals surface area contributed by atoms with Crippen molar-refractivity contribution >= 4 is 76.3 Å². The van der Waals surface area contributed by atoms with Crippen LogP contribution >= 0.6 is 35.3 Å². The van der Waals surface area contributed by atoms with Crippen LogP contribution in [-0.2, 0) is 43.5 Å². The zero-order valence-corrected chi connectivity index (χ0v) is 31.3. The van der Waals surface area contributed by atoms with E-state index in [0.717, 1.165) is 46.4 Å². The molecule has 0 unspecified atom stereocenters. The molecule has 3 heterocycles. The number of carbonyl (C=O) groups excluding carboxylic acids is 5. The first-order chi connectivity index (χ1) is 23.0. The number of rotatable bonds is 5. The van der Waals surface area contributed by atoms with Crippen molar-refractivity contribution in [2.24, 2.45) is 0 Å².